The van der Waals surface area contributed by atoms with Gasteiger partial charge in [0.05, 0.1) is 5.52 Å². The Hall–Kier alpha value is -1.44. The third-order valence-electron chi connectivity index (χ3n) is 3.32. The summed E-state index contributed by atoms with van der Waals surface area (Å²) in [6, 6.07) is 4.89. The Bertz CT molecular complexity index is 544. The van der Waals surface area contributed by atoms with Gasteiger partial charge in [0.2, 0.25) is 0 Å². The van der Waals surface area contributed by atoms with E-state index in [0.29, 0.717) is 5.92 Å². The summed E-state index contributed by atoms with van der Waals surface area (Å²) >= 11 is 0. The quantitative estimate of drug-likeness (QED) is 0.742. The summed E-state index contributed by atoms with van der Waals surface area (Å²) in [5.74, 6) is 0.478. The van der Waals surface area contributed by atoms with E-state index in [1.807, 2.05) is 6.20 Å². The molecule has 0 N–H and O–H groups in total. The highest BCUT2D eigenvalue weighted by molar-refractivity contribution is 5.84. The van der Waals surface area contributed by atoms with E-state index in [9.17, 15) is 4.39 Å². The zero-order valence-corrected chi connectivity index (χ0v) is 9.33. The molecule has 1 heterocycles. The minimum atomic E-state index is -0.163. The van der Waals surface area contributed by atoms with E-state index in [1.54, 1.807) is 12.1 Å². The number of hydrogen-bond acceptors (Lipinski definition) is 1. The van der Waals surface area contributed by atoms with E-state index in [2.05, 4.69) is 11.9 Å². The van der Waals surface area contributed by atoms with Crippen LogP contribution in [0.2, 0.25) is 0 Å². The number of nitrogens with zero attached hydrogens (tertiary/aromatic N) is 1. The molecule has 1 fully saturated rings. The maximum atomic E-state index is 13.3. The largest absolute Gasteiger partial charge is 0.256 e. The summed E-state index contributed by atoms with van der Waals surface area (Å²) in [4.78, 5) is 4.40. The van der Waals surface area contributed by atoms with Gasteiger partial charge in [-0.2, -0.15) is 0 Å². The van der Waals surface area contributed by atoms with Crippen molar-refractivity contribution in [3.05, 3.63) is 41.3 Å². The van der Waals surface area contributed by atoms with Gasteiger partial charge in [-0.15, -0.1) is 0 Å². The molecule has 1 aromatic heterocycles. The van der Waals surface area contributed by atoms with Crippen molar-refractivity contribution in [2.24, 2.45) is 0 Å². The predicted molar refractivity (Wildman–Crippen MR) is 63.1 cm³/mol. The number of rotatable bonds is 2. The van der Waals surface area contributed by atoms with Crippen LogP contribution in [0.5, 0.6) is 0 Å². The third kappa shape index (κ3) is 1.49. The number of aryl methyl sites for hydroxylation is 1. The lowest BCUT2D eigenvalue weighted by Crippen LogP contribution is -1.95. The summed E-state index contributed by atoms with van der Waals surface area (Å²) in [6.45, 7) is 2.13. The Morgan fingerprint density at radius 3 is 2.88 bits per heavy atom. The monoisotopic (exact) mass is 215 g/mol. The van der Waals surface area contributed by atoms with E-state index in [-0.39, 0.29) is 5.82 Å². The molecule has 1 aliphatic carbocycles. The normalized spacial score (nSPS) is 15.6. The first kappa shape index (κ1) is 9.76. The lowest BCUT2D eigenvalue weighted by atomic mass is 9.98. The van der Waals surface area contributed by atoms with Gasteiger partial charge in [-0.25, -0.2) is 4.39 Å². The third-order valence-corrected chi connectivity index (χ3v) is 3.32. The van der Waals surface area contributed by atoms with Crippen molar-refractivity contribution in [3.63, 3.8) is 0 Å². The second-order valence-corrected chi connectivity index (χ2v) is 4.49. The van der Waals surface area contributed by atoms with Crippen LogP contribution in [0.15, 0.2) is 24.4 Å². The van der Waals surface area contributed by atoms with Crippen molar-refractivity contribution in [2.75, 3.05) is 0 Å². The number of hydrogen-bond donors (Lipinski definition) is 0. The molecule has 0 atom stereocenters. The fourth-order valence-electron chi connectivity index (χ4n) is 2.36. The molecule has 0 bridgehead atoms. The minimum Gasteiger partial charge on any atom is -0.256 e. The van der Waals surface area contributed by atoms with Crippen molar-refractivity contribution in [1.29, 1.82) is 0 Å². The highest BCUT2D eigenvalue weighted by Crippen LogP contribution is 2.44. The molecular weight excluding hydrogens is 201 g/mol. The lowest BCUT2D eigenvalue weighted by molar-refractivity contribution is 0.629. The SMILES string of the molecule is CCc1cnc2ccc(F)cc2c1C1CC1. The van der Waals surface area contributed by atoms with Gasteiger partial charge >= 0.3 is 0 Å². The average Bonchev–Trinajstić information content (AvgIpc) is 3.11. The molecule has 1 aliphatic rings. The molecule has 0 unspecified atom stereocenters. The number of fused-ring (bicyclic) bond motifs is 1. The molecule has 0 aliphatic heterocycles. The van der Waals surface area contributed by atoms with Crippen molar-refractivity contribution in [1.82, 2.24) is 4.98 Å². The maximum absolute atomic E-state index is 13.3. The van der Waals surface area contributed by atoms with Gasteiger partial charge in [0.1, 0.15) is 5.82 Å². The molecule has 1 saturated carbocycles. The van der Waals surface area contributed by atoms with Crippen molar-refractivity contribution in [2.45, 2.75) is 32.1 Å². The van der Waals surface area contributed by atoms with Gasteiger partial charge in [-0.05, 0) is 54.5 Å². The second kappa shape index (κ2) is 3.55. The lowest BCUT2D eigenvalue weighted by Gasteiger charge is -2.10. The van der Waals surface area contributed by atoms with E-state index < -0.39 is 0 Å². The van der Waals surface area contributed by atoms with Crippen LogP contribution in [0.1, 0.15) is 36.8 Å². The number of pyridine rings is 1. The molecule has 16 heavy (non-hydrogen) atoms. The molecule has 1 nitrogen and oxygen atoms in total. The Kier molecular flexibility index (Phi) is 2.16. The zero-order chi connectivity index (χ0) is 11.1. The summed E-state index contributed by atoms with van der Waals surface area (Å²) in [6.07, 6.45) is 5.41. The Balaban J connectivity index is 2.33. The van der Waals surface area contributed by atoms with Crippen LogP contribution in [-0.2, 0) is 6.42 Å². The minimum absolute atomic E-state index is 0.163. The summed E-state index contributed by atoms with van der Waals surface area (Å²) in [5.41, 5.74) is 3.54. The van der Waals surface area contributed by atoms with Crippen LogP contribution in [0, 0.1) is 5.82 Å². The first-order valence-corrected chi connectivity index (χ1v) is 5.86. The van der Waals surface area contributed by atoms with Gasteiger partial charge in [0.25, 0.3) is 0 Å². The fourth-order valence-corrected chi connectivity index (χ4v) is 2.36. The van der Waals surface area contributed by atoms with E-state index in [0.717, 1.165) is 17.3 Å². The summed E-state index contributed by atoms with van der Waals surface area (Å²) < 4.78 is 13.3. The molecule has 1 aromatic carbocycles. The van der Waals surface area contributed by atoms with Crippen LogP contribution in [0.4, 0.5) is 4.39 Å². The smallest absolute Gasteiger partial charge is 0.123 e. The van der Waals surface area contributed by atoms with Crippen molar-refractivity contribution < 1.29 is 4.39 Å². The van der Waals surface area contributed by atoms with Crippen LogP contribution in [-0.4, -0.2) is 4.98 Å². The van der Waals surface area contributed by atoms with E-state index in [4.69, 9.17) is 0 Å². The maximum Gasteiger partial charge on any atom is 0.123 e. The van der Waals surface area contributed by atoms with E-state index in [1.165, 1.54) is 30.0 Å². The first-order valence-electron chi connectivity index (χ1n) is 5.86. The van der Waals surface area contributed by atoms with Crippen molar-refractivity contribution >= 4 is 10.9 Å². The van der Waals surface area contributed by atoms with Crippen LogP contribution in [0.25, 0.3) is 10.9 Å². The zero-order valence-electron chi connectivity index (χ0n) is 9.33. The van der Waals surface area contributed by atoms with E-state index >= 15 is 0 Å². The molecule has 82 valence electrons. The highest BCUT2D eigenvalue weighted by atomic mass is 19.1. The standard InChI is InChI=1S/C14H14FN/c1-2-9-8-16-13-6-5-11(15)7-12(13)14(9)10-3-4-10/h5-8,10H,2-4H2,1H3. The van der Waals surface area contributed by atoms with Gasteiger partial charge in [0, 0.05) is 11.6 Å². The molecular formula is C14H14FN. The van der Waals surface area contributed by atoms with Gasteiger partial charge in [-0.1, -0.05) is 6.92 Å². The molecule has 2 aromatic rings. The summed E-state index contributed by atoms with van der Waals surface area (Å²) in [7, 11) is 0. The molecule has 0 spiro atoms. The van der Waals surface area contributed by atoms with Gasteiger partial charge in [-0.3, -0.25) is 4.98 Å². The van der Waals surface area contributed by atoms with Crippen LogP contribution in [0.3, 0.4) is 0 Å². The van der Waals surface area contributed by atoms with Gasteiger partial charge < -0.3 is 0 Å². The molecule has 0 saturated heterocycles. The Morgan fingerprint density at radius 2 is 2.19 bits per heavy atom. The molecule has 0 amide bonds. The topological polar surface area (TPSA) is 12.9 Å². The highest BCUT2D eigenvalue weighted by Gasteiger charge is 2.27. The number of aromatic nitrogens is 1. The Morgan fingerprint density at radius 1 is 1.38 bits per heavy atom. The number of halogens is 1. The van der Waals surface area contributed by atoms with Crippen LogP contribution >= 0.6 is 0 Å². The Labute approximate surface area is 94.3 Å². The molecule has 2 heteroatoms. The molecule has 0 radical (unpaired) electrons. The summed E-state index contributed by atoms with van der Waals surface area (Å²) in [5, 5.41) is 1.02. The predicted octanol–water partition coefficient (Wildman–Crippen LogP) is 3.81. The van der Waals surface area contributed by atoms with Gasteiger partial charge in [0.15, 0.2) is 0 Å². The average molecular weight is 215 g/mol. The van der Waals surface area contributed by atoms with Crippen molar-refractivity contribution in [3.8, 4) is 0 Å². The first-order chi connectivity index (χ1) is 7.79. The number of benzene rings is 1. The molecule has 3 rings (SSSR count). The fraction of sp³-hybridized carbons (Fsp3) is 0.357. The second-order valence-electron chi connectivity index (χ2n) is 4.49. The van der Waals surface area contributed by atoms with Crippen LogP contribution < -0.4 is 0 Å².